The van der Waals surface area contributed by atoms with Gasteiger partial charge in [0.1, 0.15) is 23.9 Å². The standard InChI is InChI=1S/C20H20N2O4S/c1-15-7-11-19(12-8-15)27(23,24)22-21-13-17-9-10-18(26-17)14-25-20-6-4-3-5-16(20)2/h3-13,22H,14H2,1-2H3/b21-13-. The van der Waals surface area contributed by atoms with Crippen molar-refractivity contribution in [3.05, 3.63) is 83.3 Å². The Morgan fingerprint density at radius 3 is 2.52 bits per heavy atom. The fraction of sp³-hybridized carbons (Fsp3) is 0.150. The molecule has 0 saturated heterocycles. The average Bonchev–Trinajstić information content (AvgIpc) is 3.09. The lowest BCUT2D eigenvalue weighted by atomic mass is 10.2. The monoisotopic (exact) mass is 384 g/mol. The molecule has 3 aromatic rings. The van der Waals surface area contributed by atoms with Gasteiger partial charge in [0.25, 0.3) is 10.0 Å². The lowest BCUT2D eigenvalue weighted by molar-refractivity contribution is 0.268. The fourth-order valence-electron chi connectivity index (χ4n) is 2.34. The second-order valence-corrected chi connectivity index (χ2v) is 7.69. The highest BCUT2D eigenvalue weighted by Gasteiger charge is 2.12. The van der Waals surface area contributed by atoms with Crippen LogP contribution in [0.1, 0.15) is 22.6 Å². The number of furan rings is 1. The normalized spacial score (nSPS) is 11.6. The quantitative estimate of drug-likeness (QED) is 0.496. The summed E-state index contributed by atoms with van der Waals surface area (Å²) in [5.41, 5.74) is 2.02. The topological polar surface area (TPSA) is 80.9 Å². The first-order valence-electron chi connectivity index (χ1n) is 8.33. The molecule has 1 N–H and O–H groups in total. The van der Waals surface area contributed by atoms with Crippen LogP contribution in [0.4, 0.5) is 0 Å². The third-order valence-electron chi connectivity index (χ3n) is 3.84. The van der Waals surface area contributed by atoms with Gasteiger partial charge < -0.3 is 9.15 Å². The lowest BCUT2D eigenvalue weighted by Gasteiger charge is -2.06. The number of hydrogen-bond donors (Lipinski definition) is 1. The molecule has 0 fully saturated rings. The summed E-state index contributed by atoms with van der Waals surface area (Å²) in [6.07, 6.45) is 1.31. The summed E-state index contributed by atoms with van der Waals surface area (Å²) in [5, 5.41) is 3.76. The molecule has 7 heteroatoms. The van der Waals surface area contributed by atoms with Gasteiger partial charge in [-0.3, -0.25) is 0 Å². The van der Waals surface area contributed by atoms with Crippen molar-refractivity contribution >= 4 is 16.2 Å². The molecule has 0 aliphatic rings. The summed E-state index contributed by atoms with van der Waals surface area (Å²) >= 11 is 0. The van der Waals surface area contributed by atoms with Gasteiger partial charge >= 0.3 is 0 Å². The minimum Gasteiger partial charge on any atom is -0.485 e. The van der Waals surface area contributed by atoms with E-state index in [0.29, 0.717) is 11.5 Å². The Labute approximate surface area is 158 Å². The summed E-state index contributed by atoms with van der Waals surface area (Å²) in [4.78, 5) is 2.32. The Morgan fingerprint density at radius 2 is 1.78 bits per heavy atom. The minimum absolute atomic E-state index is 0.150. The number of nitrogens with one attached hydrogen (secondary N) is 1. The second-order valence-electron chi connectivity index (χ2n) is 6.02. The van der Waals surface area contributed by atoms with Gasteiger partial charge in [0.15, 0.2) is 0 Å². The second kappa shape index (κ2) is 8.09. The predicted molar refractivity (Wildman–Crippen MR) is 103 cm³/mol. The third-order valence-corrected chi connectivity index (χ3v) is 5.08. The van der Waals surface area contributed by atoms with E-state index in [0.717, 1.165) is 16.9 Å². The van der Waals surface area contributed by atoms with Gasteiger partial charge in [0.2, 0.25) is 0 Å². The van der Waals surface area contributed by atoms with E-state index < -0.39 is 10.0 Å². The number of benzene rings is 2. The van der Waals surface area contributed by atoms with E-state index in [1.807, 2.05) is 38.1 Å². The van der Waals surface area contributed by atoms with Crippen LogP contribution in [-0.2, 0) is 16.6 Å². The minimum atomic E-state index is -3.71. The van der Waals surface area contributed by atoms with E-state index in [2.05, 4.69) is 9.93 Å². The zero-order valence-electron chi connectivity index (χ0n) is 15.0. The van der Waals surface area contributed by atoms with E-state index in [4.69, 9.17) is 9.15 Å². The van der Waals surface area contributed by atoms with Gasteiger partial charge in [0, 0.05) is 0 Å². The molecular weight excluding hydrogens is 364 g/mol. The van der Waals surface area contributed by atoms with Crippen LogP contribution in [0, 0.1) is 13.8 Å². The van der Waals surface area contributed by atoms with E-state index in [1.165, 1.54) is 18.3 Å². The van der Waals surface area contributed by atoms with E-state index >= 15 is 0 Å². The van der Waals surface area contributed by atoms with E-state index in [1.54, 1.807) is 24.3 Å². The number of ether oxygens (including phenoxy) is 1. The molecule has 0 amide bonds. The van der Waals surface area contributed by atoms with Crippen molar-refractivity contribution in [2.24, 2.45) is 5.10 Å². The molecule has 0 unspecified atom stereocenters. The molecule has 3 rings (SSSR count). The molecule has 0 aliphatic heterocycles. The SMILES string of the molecule is Cc1ccc(S(=O)(=O)N/N=C\c2ccc(COc3ccccc3C)o2)cc1. The highest BCUT2D eigenvalue weighted by atomic mass is 32.2. The third kappa shape index (κ3) is 4.98. The van der Waals surface area contributed by atoms with Crippen molar-refractivity contribution in [2.45, 2.75) is 25.3 Å². The molecule has 2 aromatic carbocycles. The Bertz CT molecular complexity index is 1040. The molecule has 1 heterocycles. The molecule has 1 aromatic heterocycles. The van der Waals surface area contributed by atoms with Crippen LogP contribution in [0.2, 0.25) is 0 Å². The number of rotatable bonds is 7. The maximum atomic E-state index is 12.2. The van der Waals surface area contributed by atoms with Gasteiger partial charge in [-0.1, -0.05) is 35.9 Å². The smallest absolute Gasteiger partial charge is 0.276 e. The first-order valence-corrected chi connectivity index (χ1v) is 9.81. The number of para-hydroxylation sites is 1. The Balaban J connectivity index is 1.58. The average molecular weight is 384 g/mol. The number of hydrazone groups is 1. The van der Waals surface area contributed by atoms with Crippen molar-refractivity contribution in [1.82, 2.24) is 4.83 Å². The first-order chi connectivity index (χ1) is 12.9. The van der Waals surface area contributed by atoms with Crippen molar-refractivity contribution in [3.8, 4) is 5.75 Å². The van der Waals surface area contributed by atoms with E-state index in [-0.39, 0.29) is 11.5 Å². The highest BCUT2D eigenvalue weighted by Crippen LogP contribution is 2.18. The molecule has 0 spiro atoms. The van der Waals surface area contributed by atoms with Crippen LogP contribution in [-0.4, -0.2) is 14.6 Å². The molecule has 140 valence electrons. The van der Waals surface area contributed by atoms with Crippen LogP contribution >= 0.6 is 0 Å². The Kier molecular flexibility index (Phi) is 5.61. The summed E-state index contributed by atoms with van der Waals surface area (Å²) < 4.78 is 35.6. The van der Waals surface area contributed by atoms with Crippen LogP contribution < -0.4 is 9.57 Å². The fourth-order valence-corrected chi connectivity index (χ4v) is 3.13. The van der Waals surface area contributed by atoms with Crippen molar-refractivity contribution in [3.63, 3.8) is 0 Å². The van der Waals surface area contributed by atoms with Gasteiger partial charge in [0.05, 0.1) is 11.1 Å². The zero-order valence-corrected chi connectivity index (χ0v) is 15.9. The van der Waals surface area contributed by atoms with Gasteiger partial charge in [-0.15, -0.1) is 0 Å². The van der Waals surface area contributed by atoms with Crippen molar-refractivity contribution in [1.29, 1.82) is 0 Å². The first kappa shape index (κ1) is 18.7. The number of nitrogens with zero attached hydrogens (tertiary/aromatic N) is 1. The van der Waals surface area contributed by atoms with Gasteiger partial charge in [-0.05, 0) is 49.7 Å². The summed E-state index contributed by atoms with van der Waals surface area (Å²) in [7, 11) is -3.71. The molecule has 0 saturated carbocycles. The summed E-state index contributed by atoms with van der Waals surface area (Å²) in [5.74, 6) is 1.82. The molecule has 0 aliphatic carbocycles. The largest absolute Gasteiger partial charge is 0.485 e. The number of hydrogen-bond acceptors (Lipinski definition) is 5. The molecule has 27 heavy (non-hydrogen) atoms. The van der Waals surface area contributed by atoms with E-state index in [9.17, 15) is 8.42 Å². The number of sulfonamides is 1. The molecule has 0 radical (unpaired) electrons. The highest BCUT2D eigenvalue weighted by molar-refractivity contribution is 7.89. The summed E-state index contributed by atoms with van der Waals surface area (Å²) in [6, 6.07) is 17.7. The summed E-state index contributed by atoms with van der Waals surface area (Å²) in [6.45, 7) is 4.13. The molecular formula is C20H20N2O4S. The maximum Gasteiger partial charge on any atom is 0.276 e. The molecule has 6 nitrogen and oxygen atoms in total. The predicted octanol–water partition coefficient (Wildman–Crippen LogP) is 3.79. The molecule has 0 bridgehead atoms. The zero-order chi connectivity index (χ0) is 19.3. The Morgan fingerprint density at radius 1 is 1.04 bits per heavy atom. The van der Waals surface area contributed by atoms with Gasteiger partial charge in [-0.25, -0.2) is 0 Å². The van der Waals surface area contributed by atoms with Crippen molar-refractivity contribution in [2.75, 3.05) is 0 Å². The van der Waals surface area contributed by atoms with Crippen molar-refractivity contribution < 1.29 is 17.6 Å². The maximum absolute atomic E-state index is 12.2. The lowest BCUT2D eigenvalue weighted by Crippen LogP contribution is -2.18. The molecule has 0 atom stereocenters. The van der Waals surface area contributed by atoms with Gasteiger partial charge in [-0.2, -0.15) is 18.4 Å². The Hall–Kier alpha value is -3.06. The van der Waals surface area contributed by atoms with Crippen LogP contribution in [0.5, 0.6) is 5.75 Å². The van der Waals surface area contributed by atoms with Crippen LogP contribution in [0.25, 0.3) is 0 Å². The van der Waals surface area contributed by atoms with Crippen LogP contribution in [0.15, 0.2) is 75.1 Å². The van der Waals surface area contributed by atoms with Crippen LogP contribution in [0.3, 0.4) is 0 Å². The number of aryl methyl sites for hydroxylation is 2.